The first-order chi connectivity index (χ1) is 17.9. The molecule has 1 atom stereocenters. The van der Waals surface area contributed by atoms with E-state index in [9.17, 15) is 26.8 Å². The summed E-state index contributed by atoms with van der Waals surface area (Å²) in [7, 11) is -4.23. The van der Waals surface area contributed by atoms with E-state index < -0.39 is 33.9 Å². The van der Waals surface area contributed by atoms with Gasteiger partial charge in [-0.3, -0.25) is 14.3 Å². The Morgan fingerprint density at radius 1 is 1.05 bits per heavy atom. The normalized spacial score (nSPS) is 15.0. The summed E-state index contributed by atoms with van der Waals surface area (Å²) in [6.45, 7) is 4.19. The highest BCUT2D eigenvalue weighted by Crippen LogP contribution is 2.34. The minimum atomic E-state index is -4.23. The van der Waals surface area contributed by atoms with Crippen molar-refractivity contribution in [3.8, 4) is 11.5 Å². The van der Waals surface area contributed by atoms with Gasteiger partial charge < -0.3 is 19.5 Å². The van der Waals surface area contributed by atoms with E-state index in [0.717, 1.165) is 31.7 Å². The molecule has 2 aromatic carbocycles. The lowest BCUT2D eigenvalue weighted by Crippen LogP contribution is -2.36. The number of alkyl halides is 2. The van der Waals surface area contributed by atoms with E-state index in [-0.39, 0.29) is 46.9 Å². The lowest BCUT2D eigenvalue weighted by molar-refractivity contribution is -0.159. The summed E-state index contributed by atoms with van der Waals surface area (Å²) in [6, 6.07) is 9.12. The number of ether oxygens (including phenoxy) is 3. The lowest BCUT2D eigenvalue weighted by atomic mass is 9.90. The molecule has 0 bridgehead atoms. The molecule has 2 aromatic rings. The quantitative estimate of drug-likeness (QED) is 0.274. The zero-order valence-electron chi connectivity index (χ0n) is 21.5. The topological polar surface area (TPSA) is 120 Å². The fourth-order valence-electron chi connectivity index (χ4n) is 4.37. The van der Waals surface area contributed by atoms with Gasteiger partial charge in [-0.25, -0.2) is 8.42 Å². The highest BCUT2D eigenvalue weighted by atomic mass is 32.2. The number of esters is 1. The molecule has 1 aliphatic rings. The Morgan fingerprint density at radius 2 is 1.76 bits per heavy atom. The SMILES string of the molecule is CCOC(=O)C(C(=O)Nc1ccc(S(=O)(=O)Nc2cccc(OC(C)(F)F)c2)c(OCC)c1)C1CCCC1. The first-order valence-electron chi connectivity index (χ1n) is 12.4. The van der Waals surface area contributed by atoms with E-state index in [1.54, 1.807) is 13.8 Å². The maximum absolute atomic E-state index is 13.2. The standard InChI is InChI=1S/C26H32F2N2O7S/c1-4-35-21-16-18(29-24(31)23(25(32)36-5-2)17-9-6-7-10-17)13-14-22(21)38(33,34)30-19-11-8-12-20(15-19)37-26(3,27)28/h8,11-17,23,30H,4-7,9-10H2,1-3H3,(H,29,31). The molecule has 3 rings (SSSR count). The summed E-state index contributed by atoms with van der Waals surface area (Å²) in [4.78, 5) is 25.4. The molecule has 0 saturated heterocycles. The van der Waals surface area contributed by atoms with Crippen molar-refractivity contribution in [3.05, 3.63) is 42.5 Å². The Labute approximate surface area is 220 Å². The van der Waals surface area contributed by atoms with Crippen molar-refractivity contribution in [1.82, 2.24) is 0 Å². The Kier molecular flexibility index (Phi) is 9.53. The fourth-order valence-corrected chi connectivity index (χ4v) is 5.55. The van der Waals surface area contributed by atoms with Crippen molar-refractivity contribution in [3.63, 3.8) is 0 Å². The van der Waals surface area contributed by atoms with Crippen molar-refractivity contribution in [2.24, 2.45) is 11.8 Å². The van der Waals surface area contributed by atoms with Crippen molar-refractivity contribution in [2.75, 3.05) is 23.3 Å². The molecular formula is C26H32F2N2O7S. The smallest absolute Gasteiger partial charge is 0.394 e. The Hall–Kier alpha value is -3.41. The molecule has 9 nitrogen and oxygen atoms in total. The molecular weight excluding hydrogens is 522 g/mol. The molecule has 0 aliphatic heterocycles. The van der Waals surface area contributed by atoms with E-state index >= 15 is 0 Å². The van der Waals surface area contributed by atoms with Gasteiger partial charge >= 0.3 is 12.1 Å². The second-order valence-electron chi connectivity index (χ2n) is 8.90. The third kappa shape index (κ3) is 7.80. The molecule has 38 heavy (non-hydrogen) atoms. The van der Waals surface area contributed by atoms with Gasteiger partial charge in [-0.1, -0.05) is 18.9 Å². The van der Waals surface area contributed by atoms with Crippen LogP contribution < -0.4 is 19.5 Å². The number of carbonyl (C=O) groups is 2. The fraction of sp³-hybridized carbons (Fsp3) is 0.462. The lowest BCUT2D eigenvalue weighted by Gasteiger charge is -2.21. The summed E-state index contributed by atoms with van der Waals surface area (Å²) >= 11 is 0. The third-order valence-corrected chi connectivity index (χ3v) is 7.30. The molecule has 2 N–H and O–H groups in total. The number of hydrogen-bond donors (Lipinski definition) is 2. The van der Waals surface area contributed by atoms with Gasteiger partial charge in [0.1, 0.15) is 22.3 Å². The number of rotatable bonds is 12. The van der Waals surface area contributed by atoms with E-state index in [0.29, 0.717) is 6.92 Å². The highest BCUT2D eigenvalue weighted by Gasteiger charge is 2.37. The van der Waals surface area contributed by atoms with Gasteiger partial charge in [0.25, 0.3) is 10.0 Å². The molecule has 1 unspecified atom stereocenters. The van der Waals surface area contributed by atoms with Crippen LogP contribution in [0.1, 0.15) is 46.5 Å². The zero-order valence-corrected chi connectivity index (χ0v) is 22.3. The van der Waals surface area contributed by atoms with Crippen LogP contribution in [-0.2, 0) is 24.3 Å². The summed E-state index contributed by atoms with van der Waals surface area (Å²) < 4.78 is 70.2. The van der Waals surface area contributed by atoms with Gasteiger partial charge in [0.2, 0.25) is 5.91 Å². The predicted octanol–water partition coefficient (Wildman–Crippen LogP) is 5.19. The molecule has 1 fully saturated rings. The number of sulfonamides is 1. The van der Waals surface area contributed by atoms with Gasteiger partial charge in [-0.05, 0) is 56.9 Å². The highest BCUT2D eigenvalue weighted by molar-refractivity contribution is 7.92. The van der Waals surface area contributed by atoms with Crippen LogP contribution in [0.4, 0.5) is 20.2 Å². The number of benzene rings is 2. The maximum atomic E-state index is 13.2. The van der Waals surface area contributed by atoms with Crippen LogP contribution in [0.3, 0.4) is 0 Å². The number of halogens is 2. The molecule has 0 radical (unpaired) electrons. The first kappa shape index (κ1) is 29.2. The van der Waals surface area contributed by atoms with Gasteiger partial charge in [0.05, 0.1) is 18.9 Å². The number of carbonyl (C=O) groups excluding carboxylic acids is 2. The molecule has 0 aromatic heterocycles. The van der Waals surface area contributed by atoms with E-state index in [1.807, 2.05) is 0 Å². The van der Waals surface area contributed by atoms with Crippen molar-refractivity contribution in [1.29, 1.82) is 0 Å². The molecule has 0 heterocycles. The monoisotopic (exact) mass is 554 g/mol. The second-order valence-corrected chi connectivity index (χ2v) is 10.6. The van der Waals surface area contributed by atoms with Crippen molar-refractivity contribution < 1.29 is 41.0 Å². The first-order valence-corrected chi connectivity index (χ1v) is 13.9. The van der Waals surface area contributed by atoms with Crippen LogP contribution in [0, 0.1) is 11.8 Å². The number of amides is 1. The summed E-state index contributed by atoms with van der Waals surface area (Å²) in [5.74, 6) is -2.48. The average Bonchev–Trinajstić information content (AvgIpc) is 3.32. The summed E-state index contributed by atoms with van der Waals surface area (Å²) in [6.07, 6.45) is -0.0995. The van der Waals surface area contributed by atoms with Gasteiger partial charge in [-0.2, -0.15) is 8.78 Å². The molecule has 1 amide bonds. The van der Waals surface area contributed by atoms with Crippen LogP contribution in [-0.4, -0.2) is 39.6 Å². The van der Waals surface area contributed by atoms with Crippen LogP contribution in [0.25, 0.3) is 0 Å². The van der Waals surface area contributed by atoms with E-state index in [4.69, 9.17) is 9.47 Å². The van der Waals surface area contributed by atoms with Gasteiger partial charge in [0.15, 0.2) is 0 Å². The van der Waals surface area contributed by atoms with Crippen LogP contribution in [0.5, 0.6) is 11.5 Å². The van der Waals surface area contributed by atoms with Crippen LogP contribution in [0.15, 0.2) is 47.4 Å². The largest absolute Gasteiger partial charge is 0.492 e. The number of nitrogens with one attached hydrogen (secondary N) is 2. The van der Waals surface area contributed by atoms with Crippen LogP contribution >= 0.6 is 0 Å². The zero-order chi connectivity index (χ0) is 27.9. The van der Waals surface area contributed by atoms with Crippen molar-refractivity contribution >= 4 is 33.3 Å². The van der Waals surface area contributed by atoms with Gasteiger partial charge in [-0.15, -0.1) is 0 Å². The summed E-state index contributed by atoms with van der Waals surface area (Å²) in [5.41, 5.74) is 0.241. The predicted molar refractivity (Wildman–Crippen MR) is 137 cm³/mol. The van der Waals surface area contributed by atoms with E-state index in [1.165, 1.54) is 36.4 Å². The molecule has 0 spiro atoms. The molecule has 12 heteroatoms. The van der Waals surface area contributed by atoms with E-state index in [2.05, 4.69) is 14.8 Å². The number of hydrogen-bond acceptors (Lipinski definition) is 7. The molecule has 1 aliphatic carbocycles. The summed E-state index contributed by atoms with van der Waals surface area (Å²) in [5, 5.41) is 2.69. The maximum Gasteiger partial charge on any atom is 0.394 e. The molecule has 208 valence electrons. The van der Waals surface area contributed by atoms with Crippen molar-refractivity contribution in [2.45, 2.75) is 57.5 Å². The Balaban J connectivity index is 1.84. The van der Waals surface area contributed by atoms with Gasteiger partial charge in [0, 0.05) is 24.7 Å². The average molecular weight is 555 g/mol. The molecule has 1 saturated carbocycles. The second kappa shape index (κ2) is 12.4. The van der Waals surface area contributed by atoms with Crippen LogP contribution in [0.2, 0.25) is 0 Å². The number of anilines is 2. The minimum Gasteiger partial charge on any atom is -0.492 e. The Morgan fingerprint density at radius 3 is 2.39 bits per heavy atom. The minimum absolute atomic E-state index is 0.000389. The Bertz CT molecular complexity index is 1240. The third-order valence-electron chi connectivity index (χ3n) is 5.88.